The van der Waals surface area contributed by atoms with Gasteiger partial charge in [-0.1, -0.05) is 30.3 Å². The van der Waals surface area contributed by atoms with Crippen LogP contribution in [0, 0.1) is 0 Å². The highest BCUT2D eigenvalue weighted by Crippen LogP contribution is 2.24. The fraction of sp³-hybridized carbons (Fsp3) is 0.435. The quantitative estimate of drug-likeness (QED) is 0.446. The van der Waals surface area contributed by atoms with E-state index in [2.05, 4.69) is 66.0 Å². The van der Waals surface area contributed by atoms with Crippen molar-refractivity contribution in [2.45, 2.75) is 38.9 Å². The van der Waals surface area contributed by atoms with Gasteiger partial charge in [0.05, 0.1) is 14.2 Å². The van der Waals surface area contributed by atoms with Crippen molar-refractivity contribution in [3.05, 3.63) is 59.7 Å². The Hall–Kier alpha value is -2.73. The zero-order chi connectivity index (χ0) is 21.3. The summed E-state index contributed by atoms with van der Waals surface area (Å²) in [5, 5.41) is 10.4. The van der Waals surface area contributed by atoms with Crippen LogP contribution in [0.25, 0.3) is 0 Å². The standard InChI is InChI=1S/C23H34N4O2/c1-17(18-10-8-7-9-11-18)27-23(2,3)16-26-22(24-4)25-15-19-12-13-20(28-5)14-21(19)29-6/h7-14,17,27H,15-16H2,1-6H3,(H2,24,25,26). The van der Waals surface area contributed by atoms with Crippen molar-refractivity contribution in [2.24, 2.45) is 4.99 Å². The number of nitrogens with one attached hydrogen (secondary N) is 3. The van der Waals surface area contributed by atoms with E-state index in [0.29, 0.717) is 6.54 Å². The maximum Gasteiger partial charge on any atom is 0.191 e. The van der Waals surface area contributed by atoms with Crippen LogP contribution < -0.4 is 25.4 Å². The third-order valence-electron chi connectivity index (χ3n) is 4.77. The second-order valence-electron chi connectivity index (χ2n) is 7.62. The van der Waals surface area contributed by atoms with E-state index in [9.17, 15) is 0 Å². The zero-order valence-corrected chi connectivity index (χ0v) is 18.4. The van der Waals surface area contributed by atoms with Crippen LogP contribution in [-0.2, 0) is 6.54 Å². The molecule has 6 heteroatoms. The third-order valence-corrected chi connectivity index (χ3v) is 4.77. The van der Waals surface area contributed by atoms with E-state index in [1.807, 2.05) is 24.3 Å². The fourth-order valence-electron chi connectivity index (χ4n) is 3.16. The number of benzene rings is 2. The fourth-order valence-corrected chi connectivity index (χ4v) is 3.16. The van der Waals surface area contributed by atoms with Crippen LogP contribution in [-0.4, -0.2) is 39.3 Å². The van der Waals surface area contributed by atoms with Gasteiger partial charge in [-0.15, -0.1) is 0 Å². The van der Waals surface area contributed by atoms with E-state index >= 15 is 0 Å². The molecule has 0 aliphatic heterocycles. The number of hydrogen-bond donors (Lipinski definition) is 3. The minimum atomic E-state index is -0.120. The molecule has 158 valence electrons. The van der Waals surface area contributed by atoms with E-state index in [1.165, 1.54) is 5.56 Å². The molecule has 2 aromatic carbocycles. The Labute approximate surface area is 174 Å². The molecule has 1 atom stereocenters. The molecular weight excluding hydrogens is 364 g/mol. The molecule has 0 aliphatic carbocycles. The van der Waals surface area contributed by atoms with Gasteiger partial charge in [0, 0.05) is 43.3 Å². The van der Waals surface area contributed by atoms with Crippen LogP contribution >= 0.6 is 0 Å². The van der Waals surface area contributed by atoms with Crippen molar-refractivity contribution >= 4 is 5.96 Å². The molecule has 29 heavy (non-hydrogen) atoms. The van der Waals surface area contributed by atoms with Crippen molar-refractivity contribution in [1.29, 1.82) is 0 Å². The summed E-state index contributed by atoms with van der Waals surface area (Å²) in [6.07, 6.45) is 0. The van der Waals surface area contributed by atoms with Crippen molar-refractivity contribution in [3.63, 3.8) is 0 Å². The first kappa shape index (κ1) is 22.6. The molecule has 0 aromatic heterocycles. The second-order valence-corrected chi connectivity index (χ2v) is 7.62. The topological polar surface area (TPSA) is 66.9 Å². The largest absolute Gasteiger partial charge is 0.497 e. The van der Waals surface area contributed by atoms with Gasteiger partial charge in [0.15, 0.2) is 5.96 Å². The van der Waals surface area contributed by atoms with Gasteiger partial charge >= 0.3 is 0 Å². The van der Waals surface area contributed by atoms with Crippen LogP contribution in [0.3, 0.4) is 0 Å². The Balaban J connectivity index is 1.89. The molecule has 0 saturated heterocycles. The average molecular weight is 399 g/mol. The van der Waals surface area contributed by atoms with Crippen LogP contribution in [0.15, 0.2) is 53.5 Å². The monoisotopic (exact) mass is 398 g/mol. The lowest BCUT2D eigenvalue weighted by atomic mass is 10.0. The van der Waals surface area contributed by atoms with E-state index in [-0.39, 0.29) is 11.6 Å². The molecule has 0 aliphatic rings. The number of aliphatic imine (C=N–C) groups is 1. The summed E-state index contributed by atoms with van der Waals surface area (Å²) in [6, 6.07) is 16.5. The first-order chi connectivity index (χ1) is 13.9. The van der Waals surface area contributed by atoms with Gasteiger partial charge in [0.2, 0.25) is 0 Å². The summed E-state index contributed by atoms with van der Waals surface area (Å²) < 4.78 is 10.7. The molecule has 2 aromatic rings. The highest BCUT2D eigenvalue weighted by molar-refractivity contribution is 5.79. The van der Waals surface area contributed by atoms with E-state index in [1.54, 1.807) is 21.3 Å². The number of methoxy groups -OCH3 is 2. The van der Waals surface area contributed by atoms with Crippen molar-refractivity contribution in [3.8, 4) is 11.5 Å². The minimum Gasteiger partial charge on any atom is -0.497 e. The first-order valence-electron chi connectivity index (χ1n) is 9.86. The summed E-state index contributed by atoms with van der Waals surface area (Å²) >= 11 is 0. The Morgan fingerprint density at radius 3 is 2.38 bits per heavy atom. The summed E-state index contributed by atoms with van der Waals surface area (Å²) in [4.78, 5) is 4.33. The van der Waals surface area contributed by atoms with Crippen molar-refractivity contribution < 1.29 is 9.47 Å². The van der Waals surface area contributed by atoms with Crippen LogP contribution in [0.2, 0.25) is 0 Å². The van der Waals surface area contributed by atoms with Gasteiger partial charge in [0.25, 0.3) is 0 Å². The second kappa shape index (κ2) is 10.7. The molecule has 6 nitrogen and oxygen atoms in total. The molecule has 0 spiro atoms. The molecule has 2 rings (SSSR count). The molecular formula is C23H34N4O2. The van der Waals surface area contributed by atoms with Gasteiger partial charge in [-0.05, 0) is 38.5 Å². The van der Waals surface area contributed by atoms with Gasteiger partial charge in [-0.25, -0.2) is 0 Å². The lowest BCUT2D eigenvalue weighted by molar-refractivity contribution is 0.344. The third kappa shape index (κ3) is 6.98. The zero-order valence-electron chi connectivity index (χ0n) is 18.4. The van der Waals surface area contributed by atoms with Gasteiger partial charge in [0.1, 0.15) is 11.5 Å². The average Bonchev–Trinajstić information content (AvgIpc) is 2.74. The van der Waals surface area contributed by atoms with Gasteiger partial charge in [-0.2, -0.15) is 0 Å². The summed E-state index contributed by atoms with van der Waals surface area (Å²) in [6.45, 7) is 7.86. The molecule has 3 N–H and O–H groups in total. The Morgan fingerprint density at radius 2 is 1.76 bits per heavy atom. The van der Waals surface area contributed by atoms with E-state index in [0.717, 1.165) is 29.6 Å². The van der Waals surface area contributed by atoms with Crippen LogP contribution in [0.1, 0.15) is 37.9 Å². The van der Waals surface area contributed by atoms with Gasteiger partial charge < -0.3 is 25.4 Å². The van der Waals surface area contributed by atoms with E-state index in [4.69, 9.17) is 9.47 Å². The lowest BCUT2D eigenvalue weighted by Gasteiger charge is -2.31. The van der Waals surface area contributed by atoms with Gasteiger partial charge in [-0.3, -0.25) is 4.99 Å². The number of hydrogen-bond acceptors (Lipinski definition) is 4. The smallest absolute Gasteiger partial charge is 0.191 e. The molecule has 0 fully saturated rings. The highest BCUT2D eigenvalue weighted by Gasteiger charge is 2.21. The number of nitrogens with zero attached hydrogens (tertiary/aromatic N) is 1. The number of rotatable bonds is 9. The van der Waals surface area contributed by atoms with Crippen molar-refractivity contribution in [2.75, 3.05) is 27.8 Å². The summed E-state index contributed by atoms with van der Waals surface area (Å²) in [5.74, 6) is 2.30. The normalized spacial score (nSPS) is 13.0. The Kier molecular flexibility index (Phi) is 8.34. The van der Waals surface area contributed by atoms with Crippen LogP contribution in [0.4, 0.5) is 0 Å². The lowest BCUT2D eigenvalue weighted by Crippen LogP contribution is -2.52. The molecule has 0 heterocycles. The molecule has 0 saturated carbocycles. The maximum atomic E-state index is 5.46. The number of guanidine groups is 1. The highest BCUT2D eigenvalue weighted by atomic mass is 16.5. The summed E-state index contributed by atoms with van der Waals surface area (Å²) in [5.41, 5.74) is 2.19. The predicted octanol–water partition coefficient (Wildman–Crippen LogP) is 3.50. The van der Waals surface area contributed by atoms with Crippen LogP contribution in [0.5, 0.6) is 11.5 Å². The minimum absolute atomic E-state index is 0.120. The Bertz CT molecular complexity index is 791. The molecule has 0 radical (unpaired) electrons. The Morgan fingerprint density at radius 1 is 1.03 bits per heavy atom. The van der Waals surface area contributed by atoms with Crippen molar-refractivity contribution in [1.82, 2.24) is 16.0 Å². The first-order valence-corrected chi connectivity index (χ1v) is 9.86. The predicted molar refractivity (Wildman–Crippen MR) is 120 cm³/mol. The molecule has 0 amide bonds. The maximum absolute atomic E-state index is 5.46. The molecule has 0 bridgehead atoms. The SMILES string of the molecule is CN=C(NCc1ccc(OC)cc1OC)NCC(C)(C)NC(C)c1ccccc1. The molecule has 1 unspecified atom stereocenters. The van der Waals surface area contributed by atoms with E-state index < -0.39 is 0 Å². The summed E-state index contributed by atoms with van der Waals surface area (Å²) in [7, 11) is 5.08. The number of ether oxygens (including phenoxy) is 2.